The Balaban J connectivity index is 2.82. The van der Waals surface area contributed by atoms with Crippen molar-refractivity contribution < 1.29 is 18.3 Å². The van der Waals surface area contributed by atoms with Crippen molar-refractivity contribution in [2.45, 2.75) is 42.1 Å². The second kappa shape index (κ2) is 7.62. The highest BCUT2D eigenvalue weighted by molar-refractivity contribution is 8.00. The minimum absolute atomic E-state index is 0.103. The molecule has 120 valence electrons. The number of carboxylic acid groups (broad SMARTS) is 1. The maximum atomic E-state index is 12.3. The Hall–Kier alpha value is -0.570. The van der Waals surface area contributed by atoms with E-state index in [1.165, 1.54) is 6.07 Å². The predicted octanol–water partition coefficient (Wildman–Crippen LogP) is 2.58. The summed E-state index contributed by atoms with van der Waals surface area (Å²) < 4.78 is 27.3. The number of rotatable bonds is 9. The largest absolute Gasteiger partial charge is 0.481 e. The molecule has 1 heterocycles. The first-order valence-corrected chi connectivity index (χ1v) is 10.2. The normalized spacial score (nSPS) is 12.5. The van der Waals surface area contributed by atoms with E-state index in [9.17, 15) is 13.2 Å². The van der Waals surface area contributed by atoms with E-state index in [4.69, 9.17) is 5.11 Å². The number of nitrogens with one attached hydrogen (secondary N) is 1. The number of carbonyl (C=O) groups is 1. The van der Waals surface area contributed by atoms with Crippen LogP contribution < -0.4 is 4.72 Å². The van der Waals surface area contributed by atoms with Gasteiger partial charge in [0.1, 0.15) is 4.21 Å². The summed E-state index contributed by atoms with van der Waals surface area (Å²) in [4.78, 5) is 11.2. The van der Waals surface area contributed by atoms with Crippen molar-refractivity contribution in [2.75, 3.05) is 12.8 Å². The molecular weight excluding hydrogens is 330 g/mol. The zero-order valence-electron chi connectivity index (χ0n) is 12.4. The molecule has 5 nitrogen and oxygen atoms in total. The standard InChI is InChI=1S/C13H21NO4S3/c1-4-13(5-2,19-3)9-14-21(17,18)12-7-6-10(20-12)8-11(15)16/h6-7,14H,4-5,8-9H2,1-3H3,(H,15,16). The van der Waals surface area contributed by atoms with Gasteiger partial charge in [-0.2, -0.15) is 11.8 Å². The minimum atomic E-state index is -3.58. The van der Waals surface area contributed by atoms with Crippen molar-refractivity contribution in [3.63, 3.8) is 0 Å². The molecule has 0 unspecified atom stereocenters. The van der Waals surface area contributed by atoms with Crippen LogP contribution in [0.3, 0.4) is 0 Å². The summed E-state index contributed by atoms with van der Waals surface area (Å²) in [6.07, 6.45) is 3.58. The van der Waals surface area contributed by atoms with Gasteiger partial charge in [0.15, 0.2) is 0 Å². The molecular formula is C13H21NO4S3. The lowest BCUT2D eigenvalue weighted by Crippen LogP contribution is -2.39. The number of thioether (sulfide) groups is 1. The number of hydrogen-bond acceptors (Lipinski definition) is 5. The lowest BCUT2D eigenvalue weighted by molar-refractivity contribution is -0.136. The summed E-state index contributed by atoms with van der Waals surface area (Å²) >= 11 is 2.67. The molecule has 0 radical (unpaired) electrons. The van der Waals surface area contributed by atoms with Crippen molar-refractivity contribution in [3.05, 3.63) is 17.0 Å². The van der Waals surface area contributed by atoms with Crippen molar-refractivity contribution in [3.8, 4) is 0 Å². The van der Waals surface area contributed by atoms with E-state index in [0.717, 1.165) is 24.2 Å². The fraction of sp³-hybridized carbons (Fsp3) is 0.615. The Labute approximate surface area is 134 Å². The van der Waals surface area contributed by atoms with Gasteiger partial charge in [-0.3, -0.25) is 4.79 Å². The lowest BCUT2D eigenvalue weighted by Gasteiger charge is -2.29. The first-order valence-electron chi connectivity index (χ1n) is 6.64. The average molecular weight is 352 g/mol. The summed E-state index contributed by atoms with van der Waals surface area (Å²) in [6.45, 7) is 4.46. The Kier molecular flexibility index (Phi) is 6.71. The van der Waals surface area contributed by atoms with E-state index in [2.05, 4.69) is 4.72 Å². The van der Waals surface area contributed by atoms with E-state index in [-0.39, 0.29) is 15.4 Å². The van der Waals surface area contributed by atoms with Crippen molar-refractivity contribution >= 4 is 39.1 Å². The third-order valence-corrected chi connectivity index (χ3v) is 8.10. The second-order valence-electron chi connectivity index (χ2n) is 4.71. The molecule has 0 saturated carbocycles. The zero-order valence-corrected chi connectivity index (χ0v) is 14.8. The van der Waals surface area contributed by atoms with Gasteiger partial charge in [0, 0.05) is 16.2 Å². The molecule has 0 bridgehead atoms. The zero-order chi connectivity index (χ0) is 16.1. The number of carboxylic acids is 1. The van der Waals surface area contributed by atoms with Crippen LogP contribution in [0.4, 0.5) is 0 Å². The molecule has 0 saturated heterocycles. The van der Waals surface area contributed by atoms with Gasteiger partial charge in [-0.1, -0.05) is 13.8 Å². The van der Waals surface area contributed by atoms with Gasteiger partial charge in [-0.15, -0.1) is 11.3 Å². The van der Waals surface area contributed by atoms with Gasteiger partial charge < -0.3 is 5.11 Å². The summed E-state index contributed by atoms with van der Waals surface area (Å²) in [5.74, 6) is -0.966. The highest BCUT2D eigenvalue weighted by Gasteiger charge is 2.28. The van der Waals surface area contributed by atoms with Crippen LogP contribution in [0.15, 0.2) is 16.3 Å². The molecule has 0 amide bonds. The van der Waals surface area contributed by atoms with Gasteiger partial charge in [0.25, 0.3) is 0 Å². The summed E-state index contributed by atoms with van der Waals surface area (Å²) in [7, 11) is -3.58. The molecule has 1 aromatic heterocycles. The second-order valence-corrected chi connectivity index (χ2v) is 9.15. The monoisotopic (exact) mass is 351 g/mol. The highest BCUT2D eigenvalue weighted by Crippen LogP contribution is 2.30. The van der Waals surface area contributed by atoms with Crippen LogP contribution in [0, 0.1) is 0 Å². The molecule has 8 heteroatoms. The molecule has 0 fully saturated rings. The van der Waals surface area contributed by atoms with Crippen LogP contribution in [-0.4, -0.2) is 37.0 Å². The molecule has 0 atom stereocenters. The van der Waals surface area contributed by atoms with Crippen molar-refractivity contribution in [1.29, 1.82) is 0 Å². The Morgan fingerprint density at radius 3 is 2.48 bits per heavy atom. The maximum Gasteiger partial charge on any atom is 0.308 e. The van der Waals surface area contributed by atoms with Gasteiger partial charge in [0.2, 0.25) is 10.0 Å². The first-order chi connectivity index (χ1) is 9.78. The SMILES string of the molecule is CCC(CC)(CNS(=O)(=O)c1ccc(CC(=O)O)s1)SC. The van der Waals surface area contributed by atoms with Crippen LogP contribution in [0.25, 0.3) is 0 Å². The van der Waals surface area contributed by atoms with Crippen LogP contribution in [0.1, 0.15) is 31.6 Å². The average Bonchev–Trinajstić information content (AvgIpc) is 2.89. The molecule has 0 aliphatic rings. The smallest absolute Gasteiger partial charge is 0.308 e. The third kappa shape index (κ3) is 4.98. The van der Waals surface area contributed by atoms with E-state index < -0.39 is 16.0 Å². The molecule has 2 N–H and O–H groups in total. The number of hydrogen-bond donors (Lipinski definition) is 2. The third-order valence-electron chi connectivity index (χ3n) is 3.53. The van der Waals surface area contributed by atoms with E-state index in [1.807, 2.05) is 20.1 Å². The number of aliphatic carboxylic acids is 1. The fourth-order valence-corrected chi connectivity index (χ4v) is 5.31. The van der Waals surface area contributed by atoms with E-state index in [0.29, 0.717) is 11.4 Å². The fourth-order valence-electron chi connectivity index (χ4n) is 1.91. The Morgan fingerprint density at radius 2 is 2.00 bits per heavy atom. The summed E-state index contributed by atoms with van der Waals surface area (Å²) in [5.41, 5.74) is 0. The van der Waals surface area contributed by atoms with E-state index >= 15 is 0 Å². The van der Waals surface area contributed by atoms with Gasteiger partial charge in [-0.05, 0) is 31.2 Å². The molecule has 0 aliphatic heterocycles. The highest BCUT2D eigenvalue weighted by atomic mass is 32.2. The Bertz CT molecular complexity index is 568. The van der Waals surface area contributed by atoms with Crippen LogP contribution in [0.5, 0.6) is 0 Å². The predicted molar refractivity (Wildman–Crippen MR) is 87.7 cm³/mol. The topological polar surface area (TPSA) is 83.5 Å². The number of sulfonamides is 1. The van der Waals surface area contributed by atoms with Gasteiger partial charge >= 0.3 is 5.97 Å². The molecule has 21 heavy (non-hydrogen) atoms. The quantitative estimate of drug-likeness (QED) is 0.714. The van der Waals surface area contributed by atoms with Crippen LogP contribution in [0.2, 0.25) is 0 Å². The van der Waals surface area contributed by atoms with Crippen molar-refractivity contribution in [1.82, 2.24) is 4.72 Å². The molecule has 0 aliphatic carbocycles. The van der Waals surface area contributed by atoms with E-state index in [1.54, 1.807) is 17.8 Å². The molecule has 0 spiro atoms. The van der Waals surface area contributed by atoms with Crippen molar-refractivity contribution in [2.24, 2.45) is 0 Å². The minimum Gasteiger partial charge on any atom is -0.481 e. The Morgan fingerprint density at radius 1 is 1.38 bits per heavy atom. The van der Waals surface area contributed by atoms with Crippen LogP contribution in [-0.2, 0) is 21.2 Å². The van der Waals surface area contributed by atoms with Gasteiger partial charge in [-0.25, -0.2) is 13.1 Å². The maximum absolute atomic E-state index is 12.3. The molecule has 1 rings (SSSR count). The summed E-state index contributed by atoms with van der Waals surface area (Å²) in [5, 5.41) is 8.72. The molecule has 1 aromatic rings. The van der Waals surface area contributed by atoms with Crippen LogP contribution >= 0.6 is 23.1 Å². The van der Waals surface area contributed by atoms with Gasteiger partial charge in [0.05, 0.1) is 6.42 Å². The lowest BCUT2D eigenvalue weighted by atomic mass is 10.0. The summed E-state index contributed by atoms with van der Waals surface area (Å²) in [6, 6.07) is 3.01. The first kappa shape index (κ1) is 18.5. The molecule has 0 aromatic carbocycles. The number of thiophene rings is 1.